The Balaban J connectivity index is 2.84. The molecule has 1 rings (SSSR count). The summed E-state index contributed by atoms with van der Waals surface area (Å²) >= 11 is 0. The molecular formula is C8H14N2O4. The van der Waals surface area contributed by atoms with Gasteiger partial charge in [-0.1, -0.05) is 13.3 Å². The number of aliphatic hydroxyl groups is 2. The number of hydrogen-bond donors (Lipinski definition) is 2. The molecule has 80 valence electrons. The number of urea groups is 1. The molecule has 1 aliphatic rings. The molecule has 0 radical (unpaired) electrons. The molecule has 0 saturated carbocycles. The van der Waals surface area contributed by atoms with Crippen molar-refractivity contribution in [3.8, 4) is 0 Å². The Hall–Kier alpha value is -1.14. The van der Waals surface area contributed by atoms with Crippen LogP contribution in [-0.2, 0) is 4.79 Å². The van der Waals surface area contributed by atoms with Crippen LogP contribution in [0.2, 0.25) is 0 Å². The van der Waals surface area contributed by atoms with Crippen LogP contribution >= 0.6 is 0 Å². The molecule has 3 amide bonds. The Morgan fingerprint density at radius 1 is 1.29 bits per heavy atom. The molecule has 1 fully saturated rings. The first-order valence-corrected chi connectivity index (χ1v) is 4.51. The maximum absolute atomic E-state index is 11.5. The van der Waals surface area contributed by atoms with Gasteiger partial charge >= 0.3 is 6.03 Å². The highest BCUT2D eigenvalue weighted by atomic mass is 16.3. The van der Waals surface area contributed by atoms with Crippen molar-refractivity contribution in [1.82, 2.24) is 9.80 Å². The summed E-state index contributed by atoms with van der Waals surface area (Å²) in [5, 5.41) is 17.7. The summed E-state index contributed by atoms with van der Waals surface area (Å²) in [4.78, 5) is 24.7. The van der Waals surface area contributed by atoms with Crippen LogP contribution in [0.15, 0.2) is 0 Å². The predicted molar refractivity (Wildman–Crippen MR) is 46.9 cm³/mol. The van der Waals surface area contributed by atoms with Gasteiger partial charge in [0.25, 0.3) is 5.91 Å². The molecular weight excluding hydrogens is 188 g/mol. The van der Waals surface area contributed by atoms with Gasteiger partial charge in [0.1, 0.15) is 19.5 Å². The zero-order valence-corrected chi connectivity index (χ0v) is 8.01. The van der Waals surface area contributed by atoms with Crippen molar-refractivity contribution in [2.45, 2.75) is 25.8 Å². The lowest BCUT2D eigenvalue weighted by molar-refractivity contribution is -0.131. The Kier molecular flexibility index (Phi) is 3.43. The largest absolute Gasteiger partial charge is 0.376 e. The van der Waals surface area contributed by atoms with Gasteiger partial charge in [0, 0.05) is 0 Å². The number of aliphatic hydroxyl groups excluding tert-OH is 2. The minimum Gasteiger partial charge on any atom is -0.376 e. The molecule has 0 aromatic heterocycles. The SMILES string of the molecule is CCCC1C(=O)N(CO)C(=O)N1CO. The smallest absolute Gasteiger partial charge is 0.331 e. The lowest BCUT2D eigenvalue weighted by atomic mass is 10.1. The fraction of sp³-hybridized carbons (Fsp3) is 0.750. The molecule has 0 spiro atoms. The van der Waals surface area contributed by atoms with Crippen molar-refractivity contribution in [2.75, 3.05) is 13.5 Å². The minimum absolute atomic E-state index is 0.437. The molecule has 2 N–H and O–H groups in total. The van der Waals surface area contributed by atoms with Crippen molar-refractivity contribution in [3.63, 3.8) is 0 Å². The second kappa shape index (κ2) is 4.39. The van der Waals surface area contributed by atoms with Crippen LogP contribution in [0.1, 0.15) is 19.8 Å². The maximum Gasteiger partial charge on any atom is 0.331 e. The van der Waals surface area contributed by atoms with Crippen molar-refractivity contribution in [3.05, 3.63) is 0 Å². The standard InChI is InChI=1S/C8H14N2O4/c1-2-3-6-7(13)10(5-12)8(14)9(6)4-11/h6,11-12H,2-5H2,1H3. The van der Waals surface area contributed by atoms with E-state index in [4.69, 9.17) is 10.2 Å². The second-order valence-corrected chi connectivity index (χ2v) is 3.11. The third-order valence-electron chi connectivity index (χ3n) is 2.26. The number of carbonyl (C=O) groups excluding carboxylic acids is 2. The van der Waals surface area contributed by atoms with Crippen LogP contribution in [-0.4, -0.2) is 51.5 Å². The van der Waals surface area contributed by atoms with E-state index in [0.717, 1.165) is 16.2 Å². The molecule has 0 aromatic rings. The molecule has 0 aromatic carbocycles. The maximum atomic E-state index is 11.5. The highest BCUT2D eigenvalue weighted by molar-refractivity contribution is 6.03. The van der Waals surface area contributed by atoms with E-state index in [9.17, 15) is 9.59 Å². The first-order valence-electron chi connectivity index (χ1n) is 4.51. The van der Waals surface area contributed by atoms with Crippen LogP contribution in [0, 0.1) is 0 Å². The van der Waals surface area contributed by atoms with Gasteiger partial charge in [-0.05, 0) is 6.42 Å². The first kappa shape index (κ1) is 10.9. The van der Waals surface area contributed by atoms with E-state index in [2.05, 4.69) is 0 Å². The number of rotatable bonds is 4. The molecule has 1 atom stereocenters. The summed E-state index contributed by atoms with van der Waals surface area (Å²) in [5.74, 6) is -0.437. The average molecular weight is 202 g/mol. The third kappa shape index (κ3) is 1.58. The number of nitrogens with zero attached hydrogens (tertiary/aromatic N) is 2. The van der Waals surface area contributed by atoms with Crippen molar-refractivity contribution >= 4 is 11.9 Å². The Morgan fingerprint density at radius 2 is 1.93 bits per heavy atom. The van der Waals surface area contributed by atoms with Gasteiger partial charge in [-0.3, -0.25) is 9.69 Å². The molecule has 0 aliphatic carbocycles. The summed E-state index contributed by atoms with van der Waals surface area (Å²) in [6.07, 6.45) is 1.24. The third-order valence-corrected chi connectivity index (χ3v) is 2.26. The monoisotopic (exact) mass is 202 g/mol. The topological polar surface area (TPSA) is 81.1 Å². The van der Waals surface area contributed by atoms with E-state index in [1.54, 1.807) is 0 Å². The van der Waals surface area contributed by atoms with Crippen LogP contribution in [0.4, 0.5) is 4.79 Å². The Morgan fingerprint density at radius 3 is 2.36 bits per heavy atom. The molecule has 6 heteroatoms. The lowest BCUT2D eigenvalue weighted by Gasteiger charge is -2.17. The van der Waals surface area contributed by atoms with Gasteiger partial charge in [-0.25, -0.2) is 9.69 Å². The number of carbonyl (C=O) groups is 2. The second-order valence-electron chi connectivity index (χ2n) is 3.11. The van der Waals surface area contributed by atoms with Crippen LogP contribution < -0.4 is 0 Å². The molecule has 14 heavy (non-hydrogen) atoms. The summed E-state index contributed by atoms with van der Waals surface area (Å²) in [5.41, 5.74) is 0. The zero-order valence-electron chi connectivity index (χ0n) is 8.01. The van der Waals surface area contributed by atoms with E-state index < -0.39 is 31.4 Å². The average Bonchev–Trinajstić information content (AvgIpc) is 2.39. The van der Waals surface area contributed by atoms with Gasteiger partial charge < -0.3 is 10.2 Å². The number of imide groups is 1. The predicted octanol–water partition coefficient (Wildman–Crippen LogP) is -0.681. The number of amides is 3. The normalized spacial score (nSPS) is 22.4. The summed E-state index contributed by atoms with van der Waals surface area (Å²) in [7, 11) is 0. The fourth-order valence-corrected chi connectivity index (χ4v) is 1.54. The van der Waals surface area contributed by atoms with E-state index in [0.29, 0.717) is 6.42 Å². The van der Waals surface area contributed by atoms with E-state index >= 15 is 0 Å². The molecule has 6 nitrogen and oxygen atoms in total. The van der Waals surface area contributed by atoms with Gasteiger partial charge in [0.05, 0.1) is 0 Å². The van der Waals surface area contributed by atoms with Gasteiger partial charge in [-0.15, -0.1) is 0 Å². The molecule has 1 heterocycles. The highest BCUT2D eigenvalue weighted by Gasteiger charge is 2.43. The van der Waals surface area contributed by atoms with E-state index in [1.807, 2.05) is 6.92 Å². The van der Waals surface area contributed by atoms with E-state index in [1.165, 1.54) is 0 Å². The Bertz CT molecular complexity index is 243. The van der Waals surface area contributed by atoms with Crippen molar-refractivity contribution in [2.24, 2.45) is 0 Å². The van der Waals surface area contributed by atoms with Crippen molar-refractivity contribution < 1.29 is 19.8 Å². The van der Waals surface area contributed by atoms with Gasteiger partial charge in [0.2, 0.25) is 0 Å². The van der Waals surface area contributed by atoms with Gasteiger partial charge in [-0.2, -0.15) is 0 Å². The van der Waals surface area contributed by atoms with E-state index in [-0.39, 0.29) is 0 Å². The lowest BCUT2D eigenvalue weighted by Crippen LogP contribution is -2.35. The fourth-order valence-electron chi connectivity index (χ4n) is 1.54. The summed E-state index contributed by atoms with van der Waals surface area (Å²) in [6.45, 7) is 0.759. The van der Waals surface area contributed by atoms with Gasteiger partial charge in [0.15, 0.2) is 0 Å². The molecule has 1 saturated heterocycles. The zero-order chi connectivity index (χ0) is 10.7. The summed E-state index contributed by atoms with van der Waals surface area (Å²) < 4.78 is 0. The van der Waals surface area contributed by atoms with Crippen LogP contribution in [0.25, 0.3) is 0 Å². The Labute approximate surface area is 81.7 Å². The highest BCUT2D eigenvalue weighted by Crippen LogP contribution is 2.19. The summed E-state index contributed by atoms with van der Waals surface area (Å²) in [6, 6.07) is -1.25. The van der Waals surface area contributed by atoms with Crippen LogP contribution in [0.3, 0.4) is 0 Å². The van der Waals surface area contributed by atoms with Crippen LogP contribution in [0.5, 0.6) is 0 Å². The van der Waals surface area contributed by atoms with Crippen molar-refractivity contribution in [1.29, 1.82) is 0 Å². The number of hydrogen-bond acceptors (Lipinski definition) is 4. The molecule has 1 unspecified atom stereocenters. The molecule has 1 aliphatic heterocycles. The minimum atomic E-state index is -0.631. The quantitative estimate of drug-likeness (QED) is 0.592. The first-order chi connectivity index (χ1) is 6.67. The molecule has 0 bridgehead atoms.